The fourth-order valence-electron chi connectivity index (χ4n) is 2.47. The summed E-state index contributed by atoms with van der Waals surface area (Å²) in [6.45, 7) is 3.85. The van der Waals surface area contributed by atoms with Crippen molar-refractivity contribution in [1.29, 1.82) is 0 Å². The quantitative estimate of drug-likeness (QED) is 0.844. The third-order valence-corrected chi connectivity index (χ3v) is 3.74. The zero-order valence-electron chi connectivity index (χ0n) is 11.9. The van der Waals surface area contributed by atoms with E-state index in [0.717, 1.165) is 32.5 Å². The summed E-state index contributed by atoms with van der Waals surface area (Å²) in [5.74, 6) is 0.840. The van der Waals surface area contributed by atoms with E-state index in [-0.39, 0.29) is 5.82 Å². The Kier molecular flexibility index (Phi) is 5.80. The van der Waals surface area contributed by atoms with Crippen LogP contribution >= 0.6 is 0 Å². The van der Waals surface area contributed by atoms with Crippen molar-refractivity contribution in [3.8, 4) is 5.75 Å². The summed E-state index contributed by atoms with van der Waals surface area (Å²) < 4.78 is 18.3. The molecule has 6 heteroatoms. The second-order valence-corrected chi connectivity index (χ2v) is 5.27. The lowest BCUT2D eigenvalue weighted by atomic mass is 9.97. The standard InChI is InChI=1S/C15H21FN2O3/c16-13-1-3-14(4-2-13)21-10-9-18-7-5-12(6-8-18)11-17-15(19)20/h1-4,12,17H,5-11H2,(H,19,20). The van der Waals surface area contributed by atoms with Crippen molar-refractivity contribution in [2.45, 2.75) is 12.8 Å². The van der Waals surface area contributed by atoms with E-state index < -0.39 is 6.09 Å². The number of carbonyl (C=O) groups is 1. The molecule has 1 heterocycles. The van der Waals surface area contributed by atoms with Crippen molar-refractivity contribution in [3.63, 3.8) is 0 Å². The van der Waals surface area contributed by atoms with Gasteiger partial charge in [-0.15, -0.1) is 0 Å². The number of piperidine rings is 1. The molecule has 0 atom stereocenters. The van der Waals surface area contributed by atoms with Gasteiger partial charge in [-0.25, -0.2) is 9.18 Å². The van der Waals surface area contributed by atoms with Crippen LogP contribution in [0.3, 0.4) is 0 Å². The molecule has 1 aromatic rings. The Balaban J connectivity index is 1.60. The number of ether oxygens (including phenoxy) is 1. The molecule has 0 aliphatic carbocycles. The highest BCUT2D eigenvalue weighted by molar-refractivity contribution is 5.64. The Bertz CT molecular complexity index is 445. The molecule has 1 aliphatic rings. The van der Waals surface area contributed by atoms with Gasteiger partial charge in [0.15, 0.2) is 0 Å². The van der Waals surface area contributed by atoms with Crippen LogP contribution in [0.4, 0.5) is 9.18 Å². The van der Waals surface area contributed by atoms with E-state index in [1.54, 1.807) is 12.1 Å². The second-order valence-electron chi connectivity index (χ2n) is 5.27. The molecule has 0 unspecified atom stereocenters. The summed E-state index contributed by atoms with van der Waals surface area (Å²) >= 11 is 0. The van der Waals surface area contributed by atoms with Crippen molar-refractivity contribution >= 4 is 6.09 Å². The molecule has 21 heavy (non-hydrogen) atoms. The van der Waals surface area contributed by atoms with Gasteiger partial charge in [-0.2, -0.15) is 0 Å². The Morgan fingerprint density at radius 2 is 2.00 bits per heavy atom. The van der Waals surface area contributed by atoms with E-state index in [9.17, 15) is 9.18 Å². The topological polar surface area (TPSA) is 61.8 Å². The first kappa shape index (κ1) is 15.6. The first-order valence-corrected chi connectivity index (χ1v) is 7.21. The van der Waals surface area contributed by atoms with Crippen LogP contribution in [0, 0.1) is 11.7 Å². The van der Waals surface area contributed by atoms with E-state index in [1.165, 1.54) is 12.1 Å². The first-order chi connectivity index (χ1) is 10.1. The highest BCUT2D eigenvalue weighted by atomic mass is 19.1. The molecule has 2 N–H and O–H groups in total. The maximum atomic E-state index is 12.7. The molecule has 5 nitrogen and oxygen atoms in total. The summed E-state index contributed by atoms with van der Waals surface area (Å²) in [5, 5.41) is 11.0. The minimum absolute atomic E-state index is 0.264. The lowest BCUT2D eigenvalue weighted by molar-refractivity contribution is 0.150. The maximum Gasteiger partial charge on any atom is 0.404 e. The Hall–Kier alpha value is -1.82. The number of halogens is 1. The van der Waals surface area contributed by atoms with Crippen molar-refractivity contribution in [2.24, 2.45) is 5.92 Å². The van der Waals surface area contributed by atoms with E-state index in [4.69, 9.17) is 9.84 Å². The molecule has 0 bridgehead atoms. The minimum Gasteiger partial charge on any atom is -0.492 e. The number of nitrogens with zero attached hydrogens (tertiary/aromatic N) is 1. The molecule has 1 saturated heterocycles. The molecular weight excluding hydrogens is 275 g/mol. The highest BCUT2D eigenvalue weighted by Crippen LogP contribution is 2.16. The first-order valence-electron chi connectivity index (χ1n) is 7.21. The average molecular weight is 296 g/mol. The van der Waals surface area contributed by atoms with Crippen molar-refractivity contribution in [3.05, 3.63) is 30.1 Å². The molecular formula is C15H21FN2O3. The number of likely N-dealkylation sites (tertiary alicyclic amines) is 1. The van der Waals surface area contributed by atoms with Crippen molar-refractivity contribution in [2.75, 3.05) is 32.8 Å². The second kappa shape index (κ2) is 7.83. The Morgan fingerprint density at radius 1 is 1.33 bits per heavy atom. The third-order valence-electron chi connectivity index (χ3n) is 3.74. The number of benzene rings is 1. The van der Waals surface area contributed by atoms with Gasteiger partial charge in [0.2, 0.25) is 0 Å². The molecule has 0 aromatic heterocycles. The van der Waals surface area contributed by atoms with Gasteiger partial charge in [0.25, 0.3) is 0 Å². The number of carboxylic acid groups (broad SMARTS) is 1. The SMILES string of the molecule is O=C(O)NCC1CCN(CCOc2ccc(F)cc2)CC1. The third kappa shape index (κ3) is 5.59. The number of rotatable bonds is 6. The van der Waals surface area contributed by atoms with Crippen LogP contribution in [0.2, 0.25) is 0 Å². The van der Waals surface area contributed by atoms with Crippen molar-refractivity contribution < 1.29 is 19.0 Å². The molecule has 116 valence electrons. The Morgan fingerprint density at radius 3 is 2.62 bits per heavy atom. The van der Waals surface area contributed by atoms with E-state index in [0.29, 0.717) is 24.8 Å². The van der Waals surface area contributed by atoms with Gasteiger partial charge in [0.1, 0.15) is 18.2 Å². The van der Waals surface area contributed by atoms with Gasteiger partial charge < -0.3 is 15.2 Å². The van der Waals surface area contributed by atoms with Gasteiger partial charge in [0.05, 0.1) is 0 Å². The molecule has 1 amide bonds. The summed E-state index contributed by atoms with van der Waals surface area (Å²) in [6.07, 6.45) is 1.04. The van der Waals surface area contributed by atoms with Gasteiger partial charge in [-0.3, -0.25) is 4.90 Å². The van der Waals surface area contributed by atoms with Gasteiger partial charge >= 0.3 is 6.09 Å². The fourth-order valence-corrected chi connectivity index (χ4v) is 2.47. The number of amides is 1. The zero-order valence-corrected chi connectivity index (χ0v) is 11.9. The normalized spacial score (nSPS) is 16.6. The monoisotopic (exact) mass is 296 g/mol. The summed E-state index contributed by atoms with van der Waals surface area (Å²) in [5.41, 5.74) is 0. The fraction of sp³-hybridized carbons (Fsp3) is 0.533. The predicted octanol–water partition coefficient (Wildman–Crippen LogP) is 2.18. The smallest absolute Gasteiger partial charge is 0.404 e. The Labute approximate surface area is 123 Å². The maximum absolute atomic E-state index is 12.7. The molecule has 0 spiro atoms. The van der Waals surface area contributed by atoms with Gasteiger partial charge in [-0.05, 0) is 56.1 Å². The summed E-state index contributed by atoms with van der Waals surface area (Å²) in [6, 6.07) is 6.02. The molecule has 1 aromatic carbocycles. The van der Waals surface area contributed by atoms with Crippen LogP contribution in [-0.4, -0.2) is 48.9 Å². The molecule has 1 fully saturated rings. The van der Waals surface area contributed by atoms with Crippen LogP contribution in [0.5, 0.6) is 5.75 Å². The number of nitrogens with one attached hydrogen (secondary N) is 1. The molecule has 2 rings (SSSR count). The molecule has 0 radical (unpaired) electrons. The zero-order chi connectivity index (χ0) is 15.1. The van der Waals surface area contributed by atoms with Crippen LogP contribution < -0.4 is 10.1 Å². The summed E-state index contributed by atoms with van der Waals surface area (Å²) in [7, 11) is 0. The van der Waals surface area contributed by atoms with Crippen LogP contribution in [0.25, 0.3) is 0 Å². The lowest BCUT2D eigenvalue weighted by Crippen LogP contribution is -2.39. The van der Waals surface area contributed by atoms with E-state index in [2.05, 4.69) is 10.2 Å². The van der Waals surface area contributed by atoms with Gasteiger partial charge in [0, 0.05) is 13.1 Å². The van der Waals surface area contributed by atoms with Crippen molar-refractivity contribution in [1.82, 2.24) is 10.2 Å². The number of hydrogen-bond donors (Lipinski definition) is 2. The van der Waals surface area contributed by atoms with Crippen LogP contribution in [0.1, 0.15) is 12.8 Å². The summed E-state index contributed by atoms with van der Waals surface area (Å²) in [4.78, 5) is 12.7. The van der Waals surface area contributed by atoms with E-state index >= 15 is 0 Å². The van der Waals surface area contributed by atoms with Crippen LogP contribution in [-0.2, 0) is 0 Å². The lowest BCUT2D eigenvalue weighted by Gasteiger charge is -2.31. The predicted molar refractivity (Wildman–Crippen MR) is 77.1 cm³/mol. The van der Waals surface area contributed by atoms with Gasteiger partial charge in [-0.1, -0.05) is 0 Å². The molecule has 1 aliphatic heterocycles. The average Bonchev–Trinajstić information content (AvgIpc) is 2.48. The molecule has 0 saturated carbocycles. The largest absolute Gasteiger partial charge is 0.492 e. The highest BCUT2D eigenvalue weighted by Gasteiger charge is 2.19. The minimum atomic E-state index is -0.954. The number of hydrogen-bond acceptors (Lipinski definition) is 3. The van der Waals surface area contributed by atoms with E-state index in [1.807, 2.05) is 0 Å². The van der Waals surface area contributed by atoms with Crippen LogP contribution in [0.15, 0.2) is 24.3 Å².